The van der Waals surface area contributed by atoms with Crippen LogP contribution < -0.4 is 5.32 Å². The minimum atomic E-state index is 0.0206. The Kier molecular flexibility index (Phi) is 4.40. The van der Waals surface area contributed by atoms with Crippen LogP contribution in [0.25, 0.3) is 0 Å². The van der Waals surface area contributed by atoms with Crippen molar-refractivity contribution in [1.29, 1.82) is 0 Å². The van der Waals surface area contributed by atoms with Crippen molar-refractivity contribution in [2.75, 3.05) is 11.9 Å². The lowest BCUT2D eigenvalue weighted by Crippen LogP contribution is -2.43. The van der Waals surface area contributed by atoms with Crippen LogP contribution in [0.1, 0.15) is 39.5 Å². The van der Waals surface area contributed by atoms with E-state index in [1.165, 1.54) is 6.33 Å². The summed E-state index contributed by atoms with van der Waals surface area (Å²) in [5, 5.41) is 3.90. The Morgan fingerprint density at radius 2 is 2.22 bits per heavy atom. The molecule has 0 aromatic carbocycles. The van der Waals surface area contributed by atoms with E-state index < -0.39 is 0 Å². The molecule has 5 heteroatoms. The van der Waals surface area contributed by atoms with E-state index in [-0.39, 0.29) is 5.60 Å². The van der Waals surface area contributed by atoms with Crippen molar-refractivity contribution in [3.05, 3.63) is 17.5 Å². The predicted octanol–water partition coefficient (Wildman–Crippen LogP) is 3.28. The standard InChI is InChI=1S/C13H20ClN3O/c1-3-13(4-2)8-10(5-6-18-13)17-12-7-11(14)15-9-16-12/h7,9-10H,3-6,8H2,1-2H3,(H,15,16,17). The van der Waals surface area contributed by atoms with Gasteiger partial charge in [0.2, 0.25) is 0 Å². The van der Waals surface area contributed by atoms with E-state index in [2.05, 4.69) is 29.1 Å². The lowest BCUT2D eigenvalue weighted by Gasteiger charge is -2.40. The Bertz CT molecular complexity index is 396. The minimum absolute atomic E-state index is 0.0206. The van der Waals surface area contributed by atoms with Crippen LogP contribution in [0.2, 0.25) is 5.15 Å². The molecule has 1 aromatic rings. The molecule has 1 fully saturated rings. The van der Waals surface area contributed by atoms with E-state index in [9.17, 15) is 0 Å². The molecule has 1 N–H and O–H groups in total. The highest BCUT2D eigenvalue weighted by Gasteiger charge is 2.34. The fourth-order valence-electron chi connectivity index (χ4n) is 2.52. The summed E-state index contributed by atoms with van der Waals surface area (Å²) in [5.74, 6) is 0.794. The quantitative estimate of drug-likeness (QED) is 0.852. The second-order valence-corrected chi connectivity index (χ2v) is 5.19. The predicted molar refractivity (Wildman–Crippen MR) is 73.0 cm³/mol. The van der Waals surface area contributed by atoms with Crippen LogP contribution in [-0.2, 0) is 4.74 Å². The average Bonchev–Trinajstić information content (AvgIpc) is 2.39. The maximum atomic E-state index is 5.96. The Balaban J connectivity index is 2.01. The number of hydrogen-bond donors (Lipinski definition) is 1. The van der Waals surface area contributed by atoms with Crippen molar-refractivity contribution < 1.29 is 4.74 Å². The van der Waals surface area contributed by atoms with E-state index in [1.807, 2.05) is 0 Å². The summed E-state index contributed by atoms with van der Waals surface area (Å²) in [6.45, 7) is 5.18. The molecule has 4 nitrogen and oxygen atoms in total. The highest BCUT2D eigenvalue weighted by molar-refractivity contribution is 6.29. The van der Waals surface area contributed by atoms with Gasteiger partial charge in [-0.05, 0) is 25.7 Å². The number of hydrogen-bond acceptors (Lipinski definition) is 4. The Hall–Kier alpha value is -0.870. The second-order valence-electron chi connectivity index (χ2n) is 4.80. The van der Waals surface area contributed by atoms with Gasteiger partial charge in [-0.1, -0.05) is 25.4 Å². The number of aromatic nitrogens is 2. The van der Waals surface area contributed by atoms with Gasteiger partial charge in [0.15, 0.2) is 0 Å². The zero-order valence-electron chi connectivity index (χ0n) is 10.9. The van der Waals surface area contributed by atoms with Gasteiger partial charge in [-0.25, -0.2) is 9.97 Å². The summed E-state index contributed by atoms with van der Waals surface area (Å²) in [6.07, 6.45) is 5.60. The molecule has 0 radical (unpaired) electrons. The number of halogens is 1. The van der Waals surface area contributed by atoms with Crippen LogP contribution in [0.15, 0.2) is 12.4 Å². The molecule has 2 rings (SSSR count). The van der Waals surface area contributed by atoms with Crippen molar-refractivity contribution in [3.63, 3.8) is 0 Å². The van der Waals surface area contributed by atoms with Gasteiger partial charge in [-0.15, -0.1) is 0 Å². The smallest absolute Gasteiger partial charge is 0.134 e. The Morgan fingerprint density at radius 1 is 1.44 bits per heavy atom. The molecule has 1 aliphatic rings. The van der Waals surface area contributed by atoms with E-state index in [0.717, 1.165) is 38.1 Å². The largest absolute Gasteiger partial charge is 0.375 e. The second kappa shape index (κ2) is 5.85. The molecule has 1 unspecified atom stereocenters. The third-order valence-electron chi connectivity index (χ3n) is 3.77. The molecule has 1 atom stereocenters. The van der Waals surface area contributed by atoms with Gasteiger partial charge in [-0.2, -0.15) is 0 Å². The number of nitrogens with zero attached hydrogens (tertiary/aromatic N) is 2. The highest BCUT2D eigenvalue weighted by atomic mass is 35.5. The monoisotopic (exact) mass is 269 g/mol. The van der Waals surface area contributed by atoms with E-state index in [4.69, 9.17) is 16.3 Å². The van der Waals surface area contributed by atoms with Gasteiger partial charge < -0.3 is 10.1 Å². The first-order valence-corrected chi connectivity index (χ1v) is 6.93. The van der Waals surface area contributed by atoms with Gasteiger partial charge in [0.1, 0.15) is 17.3 Å². The maximum absolute atomic E-state index is 5.96. The van der Waals surface area contributed by atoms with Gasteiger partial charge >= 0.3 is 0 Å². The zero-order valence-corrected chi connectivity index (χ0v) is 11.7. The third kappa shape index (κ3) is 3.12. The molecule has 18 heavy (non-hydrogen) atoms. The summed E-state index contributed by atoms with van der Waals surface area (Å²) in [4.78, 5) is 8.07. The molecular weight excluding hydrogens is 250 g/mol. The fraction of sp³-hybridized carbons (Fsp3) is 0.692. The molecular formula is C13H20ClN3O. The summed E-state index contributed by atoms with van der Waals surface area (Å²) < 4.78 is 5.96. The number of ether oxygens (including phenoxy) is 1. The summed E-state index contributed by atoms with van der Waals surface area (Å²) in [5.41, 5.74) is 0.0206. The highest BCUT2D eigenvalue weighted by Crippen LogP contribution is 2.32. The third-order valence-corrected chi connectivity index (χ3v) is 3.97. The molecule has 1 saturated heterocycles. The van der Waals surface area contributed by atoms with E-state index >= 15 is 0 Å². The zero-order chi connectivity index (χ0) is 13.0. The fourth-order valence-corrected chi connectivity index (χ4v) is 2.66. The van der Waals surface area contributed by atoms with Crippen LogP contribution in [-0.4, -0.2) is 28.2 Å². The summed E-state index contributed by atoms with van der Waals surface area (Å²) >= 11 is 5.86. The lowest BCUT2D eigenvalue weighted by atomic mass is 9.86. The average molecular weight is 270 g/mol. The van der Waals surface area contributed by atoms with E-state index in [1.54, 1.807) is 6.07 Å². The first kappa shape index (κ1) is 13.6. The molecule has 0 spiro atoms. The van der Waals surface area contributed by atoms with Crippen LogP contribution in [0, 0.1) is 0 Å². The van der Waals surface area contributed by atoms with Crippen LogP contribution in [0.5, 0.6) is 0 Å². The van der Waals surface area contributed by atoms with Gasteiger partial charge in [0.25, 0.3) is 0 Å². The van der Waals surface area contributed by atoms with Crippen LogP contribution in [0.4, 0.5) is 5.82 Å². The molecule has 0 amide bonds. The molecule has 2 heterocycles. The first-order valence-electron chi connectivity index (χ1n) is 6.55. The maximum Gasteiger partial charge on any atom is 0.134 e. The Labute approximate surface area is 113 Å². The first-order chi connectivity index (χ1) is 8.67. The van der Waals surface area contributed by atoms with Crippen LogP contribution in [0.3, 0.4) is 0 Å². The van der Waals surface area contributed by atoms with Crippen molar-refractivity contribution in [2.24, 2.45) is 0 Å². The Morgan fingerprint density at radius 3 is 2.89 bits per heavy atom. The topological polar surface area (TPSA) is 47.0 Å². The lowest BCUT2D eigenvalue weighted by molar-refractivity contribution is -0.0864. The minimum Gasteiger partial charge on any atom is -0.375 e. The number of nitrogens with one attached hydrogen (secondary N) is 1. The van der Waals surface area contributed by atoms with Crippen molar-refractivity contribution in [1.82, 2.24) is 9.97 Å². The molecule has 1 aromatic heterocycles. The van der Waals surface area contributed by atoms with Crippen molar-refractivity contribution in [3.8, 4) is 0 Å². The molecule has 0 aliphatic carbocycles. The SMILES string of the molecule is CCC1(CC)CC(Nc2cc(Cl)ncn2)CCO1. The molecule has 0 bridgehead atoms. The van der Waals surface area contributed by atoms with Crippen molar-refractivity contribution in [2.45, 2.75) is 51.2 Å². The summed E-state index contributed by atoms with van der Waals surface area (Å²) in [6, 6.07) is 2.15. The molecule has 1 aliphatic heterocycles. The van der Waals surface area contributed by atoms with Gasteiger partial charge in [0.05, 0.1) is 5.60 Å². The van der Waals surface area contributed by atoms with Crippen molar-refractivity contribution >= 4 is 17.4 Å². The van der Waals surface area contributed by atoms with Gasteiger partial charge in [-0.3, -0.25) is 0 Å². The van der Waals surface area contributed by atoms with E-state index in [0.29, 0.717) is 11.2 Å². The van der Waals surface area contributed by atoms with Gasteiger partial charge in [0, 0.05) is 18.7 Å². The number of anilines is 1. The molecule has 100 valence electrons. The summed E-state index contributed by atoms with van der Waals surface area (Å²) in [7, 11) is 0. The number of rotatable bonds is 4. The molecule has 0 saturated carbocycles. The normalized spacial score (nSPS) is 22.7. The van der Waals surface area contributed by atoms with Crippen LogP contribution >= 0.6 is 11.6 Å².